The fraction of sp³-hybridized carbons (Fsp3) is 0.750. The summed E-state index contributed by atoms with van der Waals surface area (Å²) in [5, 5.41) is 4.35. The Bertz CT molecular complexity index is 409. The molecule has 1 fully saturated rings. The van der Waals surface area contributed by atoms with Gasteiger partial charge in [-0.25, -0.2) is 0 Å². The van der Waals surface area contributed by atoms with E-state index in [0.717, 1.165) is 23.6 Å². The lowest BCUT2D eigenvalue weighted by Gasteiger charge is -2.49. The number of nitrogens with two attached hydrogens (primary N) is 1. The molecule has 2 atom stereocenters. The first-order chi connectivity index (χ1) is 7.34. The van der Waals surface area contributed by atoms with Crippen LogP contribution in [-0.4, -0.2) is 21.9 Å². The van der Waals surface area contributed by atoms with E-state index in [1.807, 2.05) is 25.6 Å². The van der Waals surface area contributed by atoms with Crippen molar-refractivity contribution in [3.8, 4) is 5.75 Å². The van der Waals surface area contributed by atoms with E-state index in [9.17, 15) is 0 Å². The maximum absolute atomic E-state index is 6.06. The third kappa shape index (κ3) is 1.52. The van der Waals surface area contributed by atoms with Gasteiger partial charge in [-0.2, -0.15) is 5.10 Å². The third-order valence-corrected chi connectivity index (χ3v) is 3.96. The largest absolute Gasteiger partial charge is 0.486 e. The zero-order chi connectivity index (χ0) is 12.1. The minimum absolute atomic E-state index is 0.0642. The molecule has 0 amide bonds. The van der Waals surface area contributed by atoms with Crippen LogP contribution in [0.3, 0.4) is 0 Å². The van der Waals surface area contributed by atoms with Crippen LogP contribution >= 0.6 is 0 Å². The highest BCUT2D eigenvalue weighted by molar-refractivity contribution is 5.32. The molecule has 0 bridgehead atoms. The Morgan fingerprint density at radius 2 is 2.06 bits per heavy atom. The SMILES string of the molecule is Cc1nn(C)c(C)c1OC1CC(N)C1(C)C. The van der Waals surface area contributed by atoms with Crippen LogP contribution in [0.2, 0.25) is 0 Å². The van der Waals surface area contributed by atoms with Gasteiger partial charge in [0.25, 0.3) is 0 Å². The van der Waals surface area contributed by atoms with Crippen molar-refractivity contribution >= 4 is 0 Å². The van der Waals surface area contributed by atoms with Crippen molar-refractivity contribution in [3.05, 3.63) is 11.4 Å². The molecular formula is C12H21N3O. The minimum Gasteiger partial charge on any atom is -0.486 e. The van der Waals surface area contributed by atoms with Gasteiger partial charge in [-0.1, -0.05) is 13.8 Å². The van der Waals surface area contributed by atoms with E-state index in [0.29, 0.717) is 0 Å². The zero-order valence-electron chi connectivity index (χ0n) is 10.7. The van der Waals surface area contributed by atoms with Gasteiger partial charge in [0.05, 0.1) is 5.69 Å². The predicted molar refractivity (Wildman–Crippen MR) is 63.5 cm³/mol. The first-order valence-electron chi connectivity index (χ1n) is 5.76. The highest BCUT2D eigenvalue weighted by atomic mass is 16.5. The van der Waals surface area contributed by atoms with Crippen LogP contribution in [0.15, 0.2) is 0 Å². The first-order valence-corrected chi connectivity index (χ1v) is 5.76. The number of nitrogens with zero attached hydrogens (tertiary/aromatic N) is 2. The molecule has 2 unspecified atom stereocenters. The van der Waals surface area contributed by atoms with Crippen LogP contribution in [0.5, 0.6) is 5.75 Å². The fourth-order valence-corrected chi connectivity index (χ4v) is 2.18. The maximum atomic E-state index is 6.06. The molecule has 4 heteroatoms. The molecule has 0 spiro atoms. The van der Waals surface area contributed by atoms with E-state index < -0.39 is 0 Å². The van der Waals surface area contributed by atoms with Gasteiger partial charge in [0.15, 0.2) is 5.75 Å². The highest BCUT2D eigenvalue weighted by Crippen LogP contribution is 2.42. The summed E-state index contributed by atoms with van der Waals surface area (Å²) in [6.07, 6.45) is 1.14. The molecule has 16 heavy (non-hydrogen) atoms. The number of hydrogen-bond donors (Lipinski definition) is 1. The summed E-state index contributed by atoms with van der Waals surface area (Å²) < 4.78 is 7.91. The Morgan fingerprint density at radius 3 is 2.44 bits per heavy atom. The summed E-state index contributed by atoms with van der Waals surface area (Å²) in [5.74, 6) is 0.924. The topological polar surface area (TPSA) is 53.1 Å². The molecule has 0 radical (unpaired) electrons. The van der Waals surface area contributed by atoms with E-state index in [-0.39, 0.29) is 17.6 Å². The molecule has 0 saturated heterocycles. The van der Waals surface area contributed by atoms with Gasteiger partial charge in [-0.3, -0.25) is 4.68 Å². The van der Waals surface area contributed by atoms with Gasteiger partial charge in [0, 0.05) is 24.9 Å². The standard InChI is InChI=1S/C12H21N3O/c1-7-11(8(2)15(5)14-7)16-10-6-9(13)12(10,3)4/h9-10H,6,13H2,1-5H3. The second kappa shape index (κ2) is 3.48. The van der Waals surface area contributed by atoms with Gasteiger partial charge in [0.2, 0.25) is 0 Å². The molecule has 1 aromatic heterocycles. The van der Waals surface area contributed by atoms with Crippen LogP contribution in [0.25, 0.3) is 0 Å². The Labute approximate surface area is 96.8 Å². The van der Waals surface area contributed by atoms with Gasteiger partial charge in [-0.05, 0) is 13.8 Å². The van der Waals surface area contributed by atoms with E-state index >= 15 is 0 Å². The monoisotopic (exact) mass is 223 g/mol. The smallest absolute Gasteiger partial charge is 0.163 e. The quantitative estimate of drug-likeness (QED) is 0.827. The number of aromatic nitrogens is 2. The maximum Gasteiger partial charge on any atom is 0.163 e. The molecule has 1 saturated carbocycles. The molecule has 90 valence electrons. The van der Waals surface area contributed by atoms with E-state index in [1.165, 1.54) is 0 Å². The number of rotatable bonds is 2. The average Bonchev–Trinajstić information content (AvgIpc) is 2.44. The number of aryl methyl sites for hydroxylation is 2. The Morgan fingerprint density at radius 1 is 1.44 bits per heavy atom. The van der Waals surface area contributed by atoms with Crippen molar-refractivity contribution in [1.29, 1.82) is 0 Å². The van der Waals surface area contributed by atoms with E-state index in [2.05, 4.69) is 18.9 Å². The van der Waals surface area contributed by atoms with Crippen molar-refractivity contribution in [3.63, 3.8) is 0 Å². The van der Waals surface area contributed by atoms with Crippen LogP contribution in [0, 0.1) is 19.3 Å². The minimum atomic E-state index is 0.0642. The second-order valence-corrected chi connectivity index (χ2v) is 5.39. The first kappa shape index (κ1) is 11.5. The van der Waals surface area contributed by atoms with Crippen LogP contribution in [-0.2, 0) is 7.05 Å². The number of ether oxygens (including phenoxy) is 1. The second-order valence-electron chi connectivity index (χ2n) is 5.39. The lowest BCUT2D eigenvalue weighted by molar-refractivity contribution is -0.0407. The molecule has 1 aromatic rings. The normalized spacial score (nSPS) is 27.6. The van der Waals surface area contributed by atoms with Gasteiger partial charge in [-0.15, -0.1) is 0 Å². The summed E-state index contributed by atoms with van der Waals surface area (Å²) in [4.78, 5) is 0. The lowest BCUT2D eigenvalue weighted by atomic mass is 9.65. The summed E-state index contributed by atoms with van der Waals surface area (Å²) >= 11 is 0. The van der Waals surface area contributed by atoms with Crippen molar-refractivity contribution in [2.75, 3.05) is 0 Å². The Balaban J connectivity index is 2.17. The van der Waals surface area contributed by atoms with E-state index in [1.54, 1.807) is 0 Å². The predicted octanol–water partition coefficient (Wildman–Crippen LogP) is 1.54. The molecule has 1 aliphatic carbocycles. The van der Waals surface area contributed by atoms with Gasteiger partial charge >= 0.3 is 0 Å². The van der Waals surface area contributed by atoms with Crippen molar-refractivity contribution in [2.45, 2.75) is 46.3 Å². The Kier molecular flexibility index (Phi) is 2.49. The molecule has 2 rings (SSSR count). The molecule has 1 heterocycles. The molecule has 0 aliphatic heterocycles. The molecule has 4 nitrogen and oxygen atoms in total. The zero-order valence-corrected chi connectivity index (χ0v) is 10.7. The fourth-order valence-electron chi connectivity index (χ4n) is 2.18. The average molecular weight is 223 g/mol. The molecular weight excluding hydrogens is 202 g/mol. The summed E-state index contributed by atoms with van der Waals surface area (Å²) in [6.45, 7) is 8.33. The van der Waals surface area contributed by atoms with Crippen molar-refractivity contribution in [1.82, 2.24) is 9.78 Å². The van der Waals surface area contributed by atoms with Crippen LogP contribution in [0.4, 0.5) is 0 Å². The van der Waals surface area contributed by atoms with Gasteiger partial charge in [0.1, 0.15) is 11.8 Å². The molecule has 0 aromatic carbocycles. The summed E-state index contributed by atoms with van der Waals surface area (Å²) in [5.41, 5.74) is 8.08. The molecule has 2 N–H and O–H groups in total. The van der Waals surface area contributed by atoms with E-state index in [4.69, 9.17) is 10.5 Å². The van der Waals surface area contributed by atoms with Crippen molar-refractivity contribution in [2.24, 2.45) is 18.2 Å². The van der Waals surface area contributed by atoms with Gasteiger partial charge < -0.3 is 10.5 Å². The third-order valence-electron chi connectivity index (χ3n) is 3.96. The van der Waals surface area contributed by atoms with Crippen LogP contribution in [0.1, 0.15) is 31.7 Å². The highest BCUT2D eigenvalue weighted by Gasteiger charge is 2.48. The Hall–Kier alpha value is -1.03. The summed E-state index contributed by atoms with van der Waals surface area (Å²) in [7, 11) is 1.94. The van der Waals surface area contributed by atoms with Crippen LogP contribution < -0.4 is 10.5 Å². The van der Waals surface area contributed by atoms with Crippen molar-refractivity contribution < 1.29 is 4.74 Å². The molecule has 1 aliphatic rings. The summed E-state index contributed by atoms with van der Waals surface area (Å²) in [6, 6.07) is 0.245. The lowest BCUT2D eigenvalue weighted by Crippen LogP contribution is -2.60. The number of hydrogen-bond acceptors (Lipinski definition) is 3.